The Morgan fingerprint density at radius 1 is 1.10 bits per heavy atom. The lowest BCUT2D eigenvalue weighted by Gasteiger charge is -2.21. The number of para-hydroxylation sites is 1. The van der Waals surface area contributed by atoms with Crippen molar-refractivity contribution in [2.24, 2.45) is 0 Å². The van der Waals surface area contributed by atoms with Gasteiger partial charge in [-0.05, 0) is 36.6 Å². The average Bonchev–Trinajstić information content (AvgIpc) is 2.74. The zero-order valence-electron chi connectivity index (χ0n) is 15.5. The second-order valence-electron chi connectivity index (χ2n) is 6.54. The van der Waals surface area contributed by atoms with E-state index in [0.29, 0.717) is 27.2 Å². The van der Waals surface area contributed by atoms with E-state index in [1.807, 2.05) is 49.4 Å². The molecule has 2 aromatic heterocycles. The van der Waals surface area contributed by atoms with Crippen LogP contribution in [0.5, 0.6) is 0 Å². The Kier molecular flexibility index (Phi) is 5.10. The molecule has 4 rings (SSSR count). The molecule has 4 aromatic rings. The predicted molar refractivity (Wildman–Crippen MR) is 112 cm³/mol. The number of amides is 1. The molecule has 0 saturated carbocycles. The second-order valence-corrected chi connectivity index (χ2v) is 6.94. The first kappa shape index (κ1) is 18.8. The molecule has 0 aliphatic rings. The van der Waals surface area contributed by atoms with Gasteiger partial charge in [-0.3, -0.25) is 19.1 Å². The first-order valence-corrected chi connectivity index (χ1v) is 9.40. The molecular weight excluding hydrogens is 388 g/mol. The summed E-state index contributed by atoms with van der Waals surface area (Å²) in [5.74, 6) is -0.371. The van der Waals surface area contributed by atoms with Gasteiger partial charge < -0.3 is 5.32 Å². The molecule has 0 radical (unpaired) electrons. The van der Waals surface area contributed by atoms with Crippen molar-refractivity contribution in [2.75, 3.05) is 0 Å². The van der Waals surface area contributed by atoms with Gasteiger partial charge in [-0.15, -0.1) is 0 Å². The minimum Gasteiger partial charge on any atom is -0.343 e. The number of benzene rings is 2. The van der Waals surface area contributed by atoms with Crippen LogP contribution in [0.3, 0.4) is 0 Å². The largest absolute Gasteiger partial charge is 0.343 e. The van der Waals surface area contributed by atoms with E-state index in [2.05, 4.69) is 15.3 Å². The molecule has 29 heavy (non-hydrogen) atoms. The molecule has 0 aliphatic heterocycles. The Morgan fingerprint density at radius 2 is 1.90 bits per heavy atom. The van der Waals surface area contributed by atoms with E-state index >= 15 is 0 Å². The molecule has 0 fully saturated rings. The van der Waals surface area contributed by atoms with Gasteiger partial charge in [0.2, 0.25) is 0 Å². The van der Waals surface area contributed by atoms with E-state index in [4.69, 9.17) is 11.6 Å². The van der Waals surface area contributed by atoms with Gasteiger partial charge in [0.05, 0.1) is 22.6 Å². The third-order valence-electron chi connectivity index (χ3n) is 4.63. The third-order valence-corrected chi connectivity index (χ3v) is 4.94. The van der Waals surface area contributed by atoms with E-state index in [9.17, 15) is 9.59 Å². The lowest BCUT2D eigenvalue weighted by molar-refractivity contribution is 0.0933. The van der Waals surface area contributed by atoms with Crippen LogP contribution in [-0.4, -0.2) is 20.4 Å². The van der Waals surface area contributed by atoms with E-state index in [1.165, 1.54) is 18.6 Å². The SMILES string of the molecule is CC(NC(=O)c1cnccn1)c1cc2cccc(Cl)c2c(=O)n1-c1ccccc1. The Balaban J connectivity index is 1.86. The Bertz CT molecular complexity index is 1240. The number of aromatic nitrogens is 3. The van der Waals surface area contributed by atoms with E-state index in [1.54, 1.807) is 16.7 Å². The number of carbonyl (C=O) groups is 1. The zero-order valence-corrected chi connectivity index (χ0v) is 16.3. The lowest BCUT2D eigenvalue weighted by atomic mass is 10.1. The maximum Gasteiger partial charge on any atom is 0.272 e. The number of halogens is 1. The summed E-state index contributed by atoms with van der Waals surface area (Å²) in [4.78, 5) is 33.9. The van der Waals surface area contributed by atoms with Gasteiger partial charge in [0, 0.05) is 23.8 Å². The van der Waals surface area contributed by atoms with Crippen LogP contribution in [0.4, 0.5) is 0 Å². The molecule has 1 atom stereocenters. The number of hydrogen-bond donors (Lipinski definition) is 1. The summed E-state index contributed by atoms with van der Waals surface area (Å²) < 4.78 is 1.58. The highest BCUT2D eigenvalue weighted by Crippen LogP contribution is 2.25. The molecule has 6 nitrogen and oxygen atoms in total. The number of nitrogens with one attached hydrogen (secondary N) is 1. The van der Waals surface area contributed by atoms with Crippen molar-refractivity contribution < 1.29 is 4.79 Å². The number of fused-ring (bicyclic) bond motifs is 1. The lowest BCUT2D eigenvalue weighted by Crippen LogP contribution is -2.32. The molecule has 7 heteroatoms. The standard InChI is InChI=1S/C22H17ClN4O2/c1-14(26-21(28)18-13-24-10-11-25-18)19-12-15-6-5-9-17(23)20(15)22(29)27(19)16-7-3-2-4-8-16/h2-14H,1H3,(H,26,28). The number of carbonyl (C=O) groups excluding carboxylic acids is 1. The van der Waals surface area contributed by atoms with Crippen LogP contribution in [0.1, 0.15) is 29.1 Å². The normalized spacial score (nSPS) is 11.9. The molecule has 2 heterocycles. The van der Waals surface area contributed by atoms with E-state index in [-0.39, 0.29) is 17.2 Å². The first-order chi connectivity index (χ1) is 14.1. The van der Waals surface area contributed by atoms with Crippen molar-refractivity contribution in [1.29, 1.82) is 0 Å². The quantitative estimate of drug-likeness (QED) is 0.559. The summed E-state index contributed by atoms with van der Waals surface area (Å²) in [6.07, 6.45) is 4.35. The highest BCUT2D eigenvalue weighted by molar-refractivity contribution is 6.35. The Hall–Kier alpha value is -3.51. The van der Waals surface area contributed by atoms with Gasteiger partial charge in [0.15, 0.2) is 0 Å². The second kappa shape index (κ2) is 7.85. The number of hydrogen-bond acceptors (Lipinski definition) is 4. The van der Waals surface area contributed by atoms with Crippen LogP contribution < -0.4 is 10.9 Å². The van der Waals surface area contributed by atoms with Crippen molar-refractivity contribution in [3.05, 3.63) is 100.0 Å². The van der Waals surface area contributed by atoms with E-state index in [0.717, 1.165) is 0 Å². The maximum atomic E-state index is 13.4. The monoisotopic (exact) mass is 404 g/mol. The smallest absolute Gasteiger partial charge is 0.272 e. The molecule has 1 amide bonds. The van der Waals surface area contributed by atoms with Crippen molar-refractivity contribution in [3.8, 4) is 5.69 Å². The molecule has 1 N–H and O–H groups in total. The molecule has 0 aliphatic carbocycles. The summed E-state index contributed by atoms with van der Waals surface area (Å²) in [7, 11) is 0. The fourth-order valence-electron chi connectivity index (χ4n) is 3.26. The van der Waals surface area contributed by atoms with Crippen molar-refractivity contribution in [2.45, 2.75) is 13.0 Å². The first-order valence-electron chi connectivity index (χ1n) is 9.03. The van der Waals surface area contributed by atoms with Gasteiger partial charge in [-0.1, -0.05) is 41.9 Å². The Labute approximate surface area is 171 Å². The maximum absolute atomic E-state index is 13.4. The molecule has 0 bridgehead atoms. The van der Waals surface area contributed by atoms with Gasteiger partial charge in [0.1, 0.15) is 5.69 Å². The Morgan fingerprint density at radius 3 is 2.62 bits per heavy atom. The topological polar surface area (TPSA) is 76.9 Å². The van der Waals surface area contributed by atoms with Crippen LogP contribution in [0.25, 0.3) is 16.5 Å². The molecular formula is C22H17ClN4O2. The summed E-state index contributed by atoms with van der Waals surface area (Å²) >= 11 is 6.32. The number of rotatable bonds is 4. The summed E-state index contributed by atoms with van der Waals surface area (Å²) in [5, 5.41) is 4.44. The van der Waals surface area contributed by atoms with Crippen LogP contribution in [0.15, 0.2) is 78.0 Å². The van der Waals surface area contributed by atoms with Crippen molar-refractivity contribution in [3.63, 3.8) is 0 Å². The van der Waals surface area contributed by atoms with Crippen molar-refractivity contribution in [1.82, 2.24) is 19.9 Å². The van der Waals surface area contributed by atoms with Crippen LogP contribution >= 0.6 is 11.6 Å². The molecule has 0 spiro atoms. The summed E-state index contributed by atoms with van der Waals surface area (Å²) in [6.45, 7) is 1.82. The van der Waals surface area contributed by atoms with Crippen LogP contribution in [0, 0.1) is 0 Å². The number of pyridine rings is 1. The molecule has 0 saturated heterocycles. The van der Waals surface area contributed by atoms with Gasteiger partial charge in [-0.25, -0.2) is 4.98 Å². The minimum atomic E-state index is -0.471. The van der Waals surface area contributed by atoms with Gasteiger partial charge in [0.25, 0.3) is 11.5 Å². The molecule has 1 unspecified atom stereocenters. The average molecular weight is 405 g/mol. The van der Waals surface area contributed by atoms with Gasteiger partial charge in [-0.2, -0.15) is 0 Å². The molecule has 2 aromatic carbocycles. The predicted octanol–water partition coefficient (Wildman–Crippen LogP) is 3.93. The highest BCUT2D eigenvalue weighted by Gasteiger charge is 2.20. The minimum absolute atomic E-state index is 0.205. The fraction of sp³-hybridized carbons (Fsp3) is 0.0909. The molecule has 144 valence electrons. The summed E-state index contributed by atoms with van der Waals surface area (Å²) in [6, 6.07) is 16.0. The highest BCUT2D eigenvalue weighted by atomic mass is 35.5. The summed E-state index contributed by atoms with van der Waals surface area (Å²) in [5.41, 5.74) is 1.29. The van der Waals surface area contributed by atoms with E-state index < -0.39 is 6.04 Å². The van der Waals surface area contributed by atoms with Gasteiger partial charge >= 0.3 is 0 Å². The van der Waals surface area contributed by atoms with Crippen molar-refractivity contribution >= 4 is 28.3 Å². The zero-order chi connectivity index (χ0) is 20.4. The number of nitrogens with zero attached hydrogens (tertiary/aromatic N) is 3. The van der Waals surface area contributed by atoms with Crippen LogP contribution in [-0.2, 0) is 0 Å². The third kappa shape index (κ3) is 3.62. The fourth-order valence-corrected chi connectivity index (χ4v) is 3.53. The van der Waals surface area contributed by atoms with Crippen LogP contribution in [0.2, 0.25) is 5.02 Å².